The van der Waals surface area contributed by atoms with Gasteiger partial charge in [-0.2, -0.15) is 0 Å². The second-order valence-electron chi connectivity index (χ2n) is 16.8. The molecular weight excluding hydrogens is 666 g/mol. The monoisotopic (exact) mass is 731 g/mol. The molecule has 17 atom stereocenters. The number of methoxy groups -OCH3 is 1. The summed E-state index contributed by atoms with van der Waals surface area (Å²) in [6, 6.07) is -0.740. The van der Waals surface area contributed by atoms with Gasteiger partial charge in [-0.1, -0.05) is 20.8 Å². The van der Waals surface area contributed by atoms with Crippen molar-refractivity contribution in [1.82, 2.24) is 0 Å². The molecule has 4 rings (SSSR count). The molecule has 0 aromatic heterocycles. The lowest BCUT2D eigenvalue weighted by atomic mass is 9.78. The Morgan fingerprint density at radius 1 is 0.980 bits per heavy atom. The number of ether oxygens (including phenoxy) is 7. The van der Waals surface area contributed by atoms with E-state index in [2.05, 4.69) is 0 Å². The molecule has 4 heterocycles. The molecule has 2 bridgehead atoms. The van der Waals surface area contributed by atoms with Crippen LogP contribution < -0.4 is 0 Å². The van der Waals surface area contributed by atoms with E-state index < -0.39 is 113 Å². The van der Waals surface area contributed by atoms with Crippen LogP contribution in [0.25, 0.3) is 0 Å². The van der Waals surface area contributed by atoms with E-state index >= 15 is 0 Å². The standard InChI is InChI=1S/C37H65NO13/c1-14-25-37(10,43)30(40)20(4)28-18(2)16-36(9,51-28)32(50-34-27(39)24(38(11,12)44)15-19(3)46-34)21(5)29(22(6)33(42)48-25)49-26-17-35(8,45-13)31(41)23(7)47-26/h19-27,29-32,34,39-41,43H,14-17H2,1-13H3/t19?,20-,21?,22?,23?,24?,25?,26-,27+,29?,30+,31-,32+,34?,35+,36-,37+/m0/s1. The van der Waals surface area contributed by atoms with Gasteiger partial charge >= 0.3 is 5.97 Å². The van der Waals surface area contributed by atoms with Crippen molar-refractivity contribution in [3.05, 3.63) is 16.5 Å². The van der Waals surface area contributed by atoms with Crippen molar-refractivity contribution in [2.45, 2.75) is 179 Å². The van der Waals surface area contributed by atoms with E-state index in [1.807, 2.05) is 27.7 Å². The fourth-order valence-corrected chi connectivity index (χ4v) is 8.83. The fraction of sp³-hybridized carbons (Fsp3) is 0.919. The van der Waals surface area contributed by atoms with Crippen LogP contribution >= 0.6 is 0 Å². The number of aliphatic hydroxyl groups excluding tert-OH is 3. The second-order valence-corrected chi connectivity index (χ2v) is 16.8. The predicted molar refractivity (Wildman–Crippen MR) is 185 cm³/mol. The van der Waals surface area contributed by atoms with Crippen LogP contribution in [0.2, 0.25) is 0 Å². The molecular formula is C37H65NO13. The number of carbonyl (C=O) groups is 1. The molecule has 0 amide bonds. The maximum Gasteiger partial charge on any atom is 0.311 e. The van der Waals surface area contributed by atoms with Crippen LogP contribution in [0.4, 0.5) is 0 Å². The van der Waals surface area contributed by atoms with Gasteiger partial charge in [-0.15, -0.1) is 0 Å². The Labute approximate surface area is 303 Å². The molecule has 0 aromatic carbocycles. The maximum atomic E-state index is 14.1. The van der Waals surface area contributed by atoms with Gasteiger partial charge in [-0.25, -0.2) is 0 Å². The summed E-state index contributed by atoms with van der Waals surface area (Å²) >= 11 is 0. The summed E-state index contributed by atoms with van der Waals surface area (Å²) in [6.45, 7) is 17.5. The van der Waals surface area contributed by atoms with E-state index in [4.69, 9.17) is 33.2 Å². The lowest BCUT2D eigenvalue weighted by Crippen LogP contribution is -2.62. The van der Waals surface area contributed by atoms with E-state index in [0.717, 1.165) is 5.57 Å². The summed E-state index contributed by atoms with van der Waals surface area (Å²) in [5.41, 5.74) is -3.19. The van der Waals surface area contributed by atoms with E-state index in [0.29, 0.717) is 18.6 Å². The Bertz CT molecular complexity index is 1260. The Balaban J connectivity index is 1.85. The first-order chi connectivity index (χ1) is 23.4. The van der Waals surface area contributed by atoms with Crippen LogP contribution in [0.1, 0.15) is 94.9 Å². The Kier molecular flexibility index (Phi) is 12.8. The number of hydroxylamine groups is 3. The number of hydrogen-bond acceptors (Lipinski definition) is 13. The zero-order chi connectivity index (χ0) is 38.6. The summed E-state index contributed by atoms with van der Waals surface area (Å²) in [6.07, 6.45) is -8.81. The SMILES string of the molecule is CCC1OC(=O)C(C)C(O[C@H]2C[C@@](C)(OC)[C@@H](O)C(C)O2)C(C)[C@@H](OC2OC(C)CC([N+](C)(C)[O-])[C@H]2O)[C@]2(C)CC(C)=C(O2)[C@H](C)[C@@H](O)[C@]1(C)O. The zero-order valence-corrected chi connectivity index (χ0v) is 32.8. The van der Waals surface area contributed by atoms with Gasteiger partial charge in [-0.05, 0) is 60.5 Å². The van der Waals surface area contributed by atoms with E-state index in [1.165, 1.54) is 28.1 Å². The fourth-order valence-electron chi connectivity index (χ4n) is 8.83. The van der Waals surface area contributed by atoms with Gasteiger partial charge in [0.1, 0.15) is 41.3 Å². The van der Waals surface area contributed by atoms with E-state index in [9.17, 15) is 30.4 Å². The highest BCUT2D eigenvalue weighted by molar-refractivity contribution is 5.73. The van der Waals surface area contributed by atoms with Crippen LogP contribution in [0.5, 0.6) is 0 Å². The minimum Gasteiger partial charge on any atom is -0.633 e. The highest BCUT2D eigenvalue weighted by Crippen LogP contribution is 2.47. The first-order valence-electron chi connectivity index (χ1n) is 18.5. The van der Waals surface area contributed by atoms with Crippen LogP contribution in [0.3, 0.4) is 0 Å². The van der Waals surface area contributed by atoms with Crippen molar-refractivity contribution in [3.63, 3.8) is 0 Å². The number of cyclic esters (lactones) is 1. The van der Waals surface area contributed by atoms with E-state index in [-0.39, 0.29) is 12.8 Å². The van der Waals surface area contributed by atoms with Gasteiger partial charge < -0.3 is 63.4 Å². The Morgan fingerprint density at radius 3 is 2.18 bits per heavy atom. The minimum atomic E-state index is -1.85. The van der Waals surface area contributed by atoms with Gasteiger partial charge in [0.15, 0.2) is 18.7 Å². The molecule has 4 N–H and O–H groups in total. The van der Waals surface area contributed by atoms with Crippen LogP contribution in [0.15, 0.2) is 11.3 Å². The van der Waals surface area contributed by atoms with E-state index in [1.54, 1.807) is 34.6 Å². The molecule has 0 spiro atoms. The zero-order valence-electron chi connectivity index (χ0n) is 32.8. The highest BCUT2D eigenvalue weighted by atomic mass is 16.7. The number of likely N-dealkylation sites (N-methyl/N-ethyl adjacent to an activating group) is 1. The summed E-state index contributed by atoms with van der Waals surface area (Å²) < 4.78 is 43.6. The number of carbonyl (C=O) groups excluding carboxylic acids is 1. The molecule has 0 radical (unpaired) electrons. The lowest BCUT2D eigenvalue weighted by molar-refractivity contribution is -0.874. The second kappa shape index (κ2) is 15.4. The third-order valence-electron chi connectivity index (χ3n) is 12.1. The van der Waals surface area contributed by atoms with Crippen molar-refractivity contribution in [1.29, 1.82) is 0 Å². The van der Waals surface area contributed by atoms with Crippen molar-refractivity contribution >= 4 is 5.97 Å². The molecule has 3 fully saturated rings. The molecule has 4 aliphatic heterocycles. The molecule has 8 unspecified atom stereocenters. The molecule has 14 heteroatoms. The predicted octanol–water partition coefficient (Wildman–Crippen LogP) is 2.90. The summed E-state index contributed by atoms with van der Waals surface area (Å²) in [5.74, 6) is -2.57. The molecule has 14 nitrogen and oxygen atoms in total. The third kappa shape index (κ3) is 8.31. The Hall–Kier alpha value is -1.43. The highest BCUT2D eigenvalue weighted by Gasteiger charge is 2.56. The molecule has 51 heavy (non-hydrogen) atoms. The number of hydrogen-bond donors (Lipinski definition) is 4. The van der Waals surface area contributed by atoms with Gasteiger partial charge in [0.05, 0.1) is 50.0 Å². The third-order valence-corrected chi connectivity index (χ3v) is 12.1. The number of esters is 1. The number of quaternary nitrogens is 1. The Morgan fingerprint density at radius 2 is 1.61 bits per heavy atom. The summed E-state index contributed by atoms with van der Waals surface area (Å²) in [4.78, 5) is 14.1. The van der Waals surface area contributed by atoms with Gasteiger partial charge in [0.25, 0.3) is 0 Å². The number of rotatable bonds is 7. The first-order valence-corrected chi connectivity index (χ1v) is 18.5. The van der Waals surface area contributed by atoms with Crippen molar-refractivity contribution in [2.24, 2.45) is 17.8 Å². The lowest BCUT2D eigenvalue weighted by Gasteiger charge is -2.51. The number of fused-ring (bicyclic) bond motifs is 2. The van der Waals surface area contributed by atoms with Crippen LogP contribution in [0, 0.1) is 23.0 Å². The van der Waals surface area contributed by atoms with Crippen molar-refractivity contribution in [2.75, 3.05) is 21.2 Å². The maximum absolute atomic E-state index is 14.1. The van der Waals surface area contributed by atoms with Crippen molar-refractivity contribution in [3.8, 4) is 0 Å². The van der Waals surface area contributed by atoms with Gasteiger partial charge in [0, 0.05) is 38.2 Å². The average molecular weight is 732 g/mol. The largest absolute Gasteiger partial charge is 0.633 e. The first kappa shape index (κ1) is 42.3. The average Bonchev–Trinajstić information content (AvgIpc) is 3.36. The smallest absolute Gasteiger partial charge is 0.311 e. The summed E-state index contributed by atoms with van der Waals surface area (Å²) in [7, 11) is 4.46. The number of nitrogens with zero attached hydrogens (tertiary/aromatic N) is 1. The molecule has 0 saturated carbocycles. The normalized spacial score (nSPS) is 49.0. The topological polar surface area (TPSA) is 186 Å². The summed E-state index contributed by atoms with van der Waals surface area (Å²) in [5, 5.41) is 59.0. The molecule has 0 aromatic rings. The quantitative estimate of drug-likeness (QED) is 0.170. The molecule has 0 aliphatic carbocycles. The number of aliphatic hydroxyl groups is 4. The van der Waals surface area contributed by atoms with Crippen molar-refractivity contribution < 1.29 is 63.0 Å². The van der Waals surface area contributed by atoms with Crippen LogP contribution in [-0.4, -0.2) is 137 Å². The van der Waals surface area contributed by atoms with Gasteiger partial charge in [0.2, 0.25) is 0 Å². The molecule has 296 valence electrons. The minimum absolute atomic E-state index is 0.139. The van der Waals surface area contributed by atoms with Crippen LogP contribution in [-0.2, 0) is 38.0 Å². The van der Waals surface area contributed by atoms with Gasteiger partial charge in [-0.3, -0.25) is 4.79 Å². The molecule has 4 aliphatic rings. The molecule has 3 saturated heterocycles.